The predicted molar refractivity (Wildman–Crippen MR) is 127 cm³/mol. The molecule has 0 fully saturated rings. The SMILES string of the molecule is C=Cc1ccc(Cn2nc(-c3cccc(OC)c3)c(Cl)c2-c2cccc(OC)c2)cc1. The molecule has 0 spiro atoms. The van der Waals surface area contributed by atoms with Gasteiger partial charge < -0.3 is 9.47 Å². The average molecular weight is 431 g/mol. The van der Waals surface area contributed by atoms with E-state index < -0.39 is 0 Å². The van der Waals surface area contributed by atoms with Crippen LogP contribution in [0.25, 0.3) is 28.6 Å². The standard InChI is InChI=1S/C26H23ClN2O2/c1-4-18-11-13-19(14-12-18)17-29-26(21-8-6-10-23(16-21)31-3)24(27)25(28-29)20-7-5-9-22(15-20)30-2/h4-16H,1,17H2,2-3H3. The third kappa shape index (κ3) is 4.35. The number of methoxy groups -OCH3 is 2. The highest BCUT2D eigenvalue weighted by Crippen LogP contribution is 2.38. The topological polar surface area (TPSA) is 36.3 Å². The van der Waals surface area contributed by atoms with Crippen LogP contribution in [-0.4, -0.2) is 24.0 Å². The molecule has 1 heterocycles. The summed E-state index contributed by atoms with van der Waals surface area (Å²) in [5.41, 5.74) is 5.58. The Bertz CT molecular complexity index is 1210. The molecule has 0 N–H and O–H groups in total. The van der Waals surface area contributed by atoms with Gasteiger partial charge in [-0.25, -0.2) is 0 Å². The van der Waals surface area contributed by atoms with Crippen LogP contribution in [0.1, 0.15) is 11.1 Å². The van der Waals surface area contributed by atoms with Gasteiger partial charge >= 0.3 is 0 Å². The van der Waals surface area contributed by atoms with E-state index in [0.717, 1.165) is 39.4 Å². The molecule has 1 aromatic heterocycles. The summed E-state index contributed by atoms with van der Waals surface area (Å²) in [6.45, 7) is 4.40. The minimum absolute atomic E-state index is 0.577. The van der Waals surface area contributed by atoms with Crippen LogP contribution in [0.3, 0.4) is 0 Å². The van der Waals surface area contributed by atoms with E-state index in [2.05, 4.69) is 18.7 Å². The Morgan fingerprint density at radius 2 is 1.52 bits per heavy atom. The number of halogens is 1. The van der Waals surface area contributed by atoms with Gasteiger partial charge in [-0.3, -0.25) is 4.68 Å². The summed E-state index contributed by atoms with van der Waals surface area (Å²) < 4.78 is 12.7. The van der Waals surface area contributed by atoms with Crippen molar-refractivity contribution in [2.75, 3.05) is 14.2 Å². The number of nitrogens with zero attached hydrogens (tertiary/aromatic N) is 2. The lowest BCUT2D eigenvalue weighted by Crippen LogP contribution is -2.04. The fraction of sp³-hybridized carbons (Fsp3) is 0.115. The second-order valence-corrected chi connectivity index (χ2v) is 7.46. The van der Waals surface area contributed by atoms with Crippen LogP contribution < -0.4 is 9.47 Å². The second-order valence-electron chi connectivity index (χ2n) is 7.08. The van der Waals surface area contributed by atoms with Gasteiger partial charge in [0.1, 0.15) is 17.2 Å². The molecule has 4 nitrogen and oxygen atoms in total. The van der Waals surface area contributed by atoms with Crippen molar-refractivity contribution < 1.29 is 9.47 Å². The van der Waals surface area contributed by atoms with Gasteiger partial charge in [0, 0.05) is 11.1 Å². The second kappa shape index (κ2) is 9.11. The van der Waals surface area contributed by atoms with E-state index in [1.165, 1.54) is 0 Å². The number of hydrogen-bond acceptors (Lipinski definition) is 3. The minimum atomic E-state index is 0.577. The highest BCUT2D eigenvalue weighted by molar-refractivity contribution is 6.35. The third-order valence-corrected chi connectivity index (χ3v) is 5.49. The van der Waals surface area contributed by atoms with Crippen LogP contribution in [0, 0.1) is 0 Å². The van der Waals surface area contributed by atoms with Gasteiger partial charge in [-0.1, -0.05) is 72.8 Å². The lowest BCUT2D eigenvalue weighted by Gasteiger charge is -2.10. The maximum absolute atomic E-state index is 6.93. The van der Waals surface area contributed by atoms with Crippen LogP contribution >= 0.6 is 11.6 Å². The first kappa shape index (κ1) is 20.8. The molecule has 3 aromatic carbocycles. The zero-order valence-electron chi connectivity index (χ0n) is 17.5. The first-order valence-electron chi connectivity index (χ1n) is 9.89. The van der Waals surface area contributed by atoms with E-state index in [9.17, 15) is 0 Å². The molecule has 0 aliphatic rings. The van der Waals surface area contributed by atoms with Crippen molar-refractivity contribution >= 4 is 17.7 Å². The highest BCUT2D eigenvalue weighted by atomic mass is 35.5. The maximum Gasteiger partial charge on any atom is 0.119 e. The van der Waals surface area contributed by atoms with Gasteiger partial charge in [0.05, 0.1) is 31.5 Å². The van der Waals surface area contributed by atoms with E-state index in [-0.39, 0.29) is 0 Å². The molecule has 31 heavy (non-hydrogen) atoms. The van der Waals surface area contributed by atoms with Gasteiger partial charge in [0.2, 0.25) is 0 Å². The molecule has 0 saturated heterocycles. The van der Waals surface area contributed by atoms with E-state index in [1.807, 2.05) is 71.4 Å². The van der Waals surface area contributed by atoms with Crippen LogP contribution in [0.4, 0.5) is 0 Å². The van der Waals surface area contributed by atoms with Crippen molar-refractivity contribution in [1.82, 2.24) is 9.78 Å². The van der Waals surface area contributed by atoms with E-state index in [1.54, 1.807) is 14.2 Å². The first-order chi connectivity index (χ1) is 15.1. The van der Waals surface area contributed by atoms with Crippen molar-refractivity contribution in [1.29, 1.82) is 0 Å². The number of aromatic nitrogens is 2. The molecule has 0 amide bonds. The normalized spacial score (nSPS) is 10.7. The number of benzene rings is 3. The summed E-state index contributed by atoms with van der Waals surface area (Å²) >= 11 is 6.93. The van der Waals surface area contributed by atoms with Crippen molar-refractivity contribution in [2.45, 2.75) is 6.54 Å². The fourth-order valence-electron chi connectivity index (χ4n) is 3.49. The maximum atomic E-state index is 6.93. The Labute approximate surface area is 187 Å². The fourth-order valence-corrected chi connectivity index (χ4v) is 3.84. The summed E-state index contributed by atoms with van der Waals surface area (Å²) in [5.74, 6) is 1.52. The molecule has 4 rings (SSSR count). The monoisotopic (exact) mass is 430 g/mol. The van der Waals surface area contributed by atoms with Gasteiger partial charge in [-0.05, 0) is 35.4 Å². The minimum Gasteiger partial charge on any atom is -0.497 e. The highest BCUT2D eigenvalue weighted by Gasteiger charge is 2.20. The Hall–Kier alpha value is -3.50. The Kier molecular flexibility index (Phi) is 6.10. The van der Waals surface area contributed by atoms with E-state index in [4.69, 9.17) is 26.2 Å². The third-order valence-electron chi connectivity index (χ3n) is 5.13. The molecule has 0 unspecified atom stereocenters. The van der Waals surface area contributed by atoms with Gasteiger partial charge in [0.25, 0.3) is 0 Å². The van der Waals surface area contributed by atoms with Gasteiger partial charge in [0.15, 0.2) is 0 Å². The average Bonchev–Trinajstić information content (AvgIpc) is 3.15. The van der Waals surface area contributed by atoms with Gasteiger partial charge in [-0.15, -0.1) is 0 Å². The van der Waals surface area contributed by atoms with Gasteiger partial charge in [-0.2, -0.15) is 5.10 Å². The zero-order chi connectivity index (χ0) is 21.8. The zero-order valence-corrected chi connectivity index (χ0v) is 18.3. The lowest BCUT2D eigenvalue weighted by molar-refractivity contribution is 0.415. The van der Waals surface area contributed by atoms with E-state index >= 15 is 0 Å². The molecule has 0 radical (unpaired) electrons. The number of ether oxygens (including phenoxy) is 2. The van der Waals surface area contributed by atoms with Crippen LogP contribution in [-0.2, 0) is 6.54 Å². The molecule has 156 valence electrons. The lowest BCUT2D eigenvalue weighted by atomic mass is 10.1. The van der Waals surface area contributed by atoms with Crippen LogP contribution in [0.2, 0.25) is 5.02 Å². The molecular formula is C26H23ClN2O2. The molecule has 4 aromatic rings. The Morgan fingerprint density at radius 3 is 2.13 bits per heavy atom. The molecule has 5 heteroatoms. The summed E-state index contributed by atoms with van der Waals surface area (Å²) in [6.07, 6.45) is 1.83. The quantitative estimate of drug-likeness (QED) is 0.332. The number of hydrogen-bond donors (Lipinski definition) is 0. The summed E-state index contributed by atoms with van der Waals surface area (Å²) in [7, 11) is 3.30. The summed E-state index contributed by atoms with van der Waals surface area (Å²) in [6, 6.07) is 23.8. The first-order valence-corrected chi connectivity index (χ1v) is 10.3. The summed E-state index contributed by atoms with van der Waals surface area (Å²) in [4.78, 5) is 0. The molecule has 0 saturated carbocycles. The van der Waals surface area contributed by atoms with Crippen molar-refractivity contribution in [2.24, 2.45) is 0 Å². The predicted octanol–water partition coefficient (Wildman–Crippen LogP) is 6.58. The molecule has 0 bridgehead atoms. The molecule has 0 atom stereocenters. The molecular weight excluding hydrogens is 408 g/mol. The summed E-state index contributed by atoms with van der Waals surface area (Å²) in [5, 5.41) is 5.48. The largest absolute Gasteiger partial charge is 0.497 e. The number of rotatable bonds is 7. The van der Waals surface area contributed by atoms with E-state index in [0.29, 0.717) is 17.3 Å². The molecule has 0 aliphatic heterocycles. The molecule has 0 aliphatic carbocycles. The Morgan fingerprint density at radius 1 is 0.903 bits per heavy atom. The van der Waals surface area contributed by atoms with Crippen molar-refractivity contribution in [3.8, 4) is 34.0 Å². The van der Waals surface area contributed by atoms with Crippen molar-refractivity contribution in [3.63, 3.8) is 0 Å². The van der Waals surface area contributed by atoms with Crippen molar-refractivity contribution in [3.05, 3.63) is 95.5 Å². The van der Waals surface area contributed by atoms with Crippen LogP contribution in [0.5, 0.6) is 11.5 Å². The van der Waals surface area contributed by atoms with Crippen LogP contribution in [0.15, 0.2) is 79.4 Å². The Balaban J connectivity index is 1.85. The smallest absolute Gasteiger partial charge is 0.119 e.